The molecule has 0 amide bonds. The molecule has 1 aliphatic rings. The van der Waals surface area contributed by atoms with Gasteiger partial charge in [0.15, 0.2) is 0 Å². The van der Waals surface area contributed by atoms with Crippen molar-refractivity contribution in [2.45, 2.75) is 0 Å². The first-order valence-electron chi connectivity index (χ1n) is 10.7. The largest absolute Gasteiger partial charge is 0.207 e. The summed E-state index contributed by atoms with van der Waals surface area (Å²) < 4.78 is 28.0. The van der Waals surface area contributed by atoms with Crippen LogP contribution in [0.2, 0.25) is 0 Å². The van der Waals surface area contributed by atoms with Crippen LogP contribution in [0.3, 0.4) is 0 Å². The number of hydrogen-bond acceptors (Lipinski definition) is 4. The average Bonchev–Trinajstić information content (AvgIpc) is 3.20. The standard InChI is InChI=1S/C30H12F2N4/c31-22-5-1-3-17(7-22)24-11-26-27-12-25(18-4-2-6-23(32)8-18)20(14-34)10-29(27)30(21(15-35)16-36)28(26)9-19(24)13-33/h1-12H. The molecule has 0 atom stereocenters. The SMILES string of the molecule is N#CC(C#N)=C1c2cc(C#N)c(-c3cccc(F)c3)cc2-c2cc(-c3cccc(F)c3)c(C#N)cc21. The van der Waals surface area contributed by atoms with Crippen molar-refractivity contribution in [1.29, 1.82) is 21.0 Å². The Morgan fingerprint density at radius 2 is 0.972 bits per heavy atom. The van der Waals surface area contributed by atoms with Gasteiger partial charge < -0.3 is 0 Å². The van der Waals surface area contributed by atoms with E-state index in [0.29, 0.717) is 50.1 Å². The molecular formula is C30H12F2N4. The van der Waals surface area contributed by atoms with E-state index in [0.717, 1.165) is 0 Å². The van der Waals surface area contributed by atoms with E-state index in [1.807, 2.05) is 12.1 Å². The summed E-state index contributed by atoms with van der Waals surface area (Å²) in [5.74, 6) is -0.914. The van der Waals surface area contributed by atoms with Crippen molar-refractivity contribution in [3.63, 3.8) is 0 Å². The van der Waals surface area contributed by atoms with Crippen molar-refractivity contribution >= 4 is 5.57 Å². The van der Waals surface area contributed by atoms with Crippen LogP contribution in [0.25, 0.3) is 39.0 Å². The van der Waals surface area contributed by atoms with Gasteiger partial charge >= 0.3 is 0 Å². The summed E-state index contributed by atoms with van der Waals surface area (Å²) in [6.07, 6.45) is 0. The van der Waals surface area contributed by atoms with Crippen LogP contribution in [0.1, 0.15) is 22.3 Å². The maximum atomic E-state index is 14.0. The van der Waals surface area contributed by atoms with E-state index >= 15 is 0 Å². The van der Waals surface area contributed by atoms with E-state index in [4.69, 9.17) is 0 Å². The topological polar surface area (TPSA) is 95.2 Å². The van der Waals surface area contributed by atoms with Crippen molar-refractivity contribution in [1.82, 2.24) is 0 Å². The van der Waals surface area contributed by atoms with Crippen LogP contribution >= 0.6 is 0 Å². The van der Waals surface area contributed by atoms with E-state index in [2.05, 4.69) is 12.1 Å². The normalized spacial score (nSPS) is 10.9. The fraction of sp³-hybridized carbons (Fsp3) is 0. The minimum absolute atomic E-state index is 0.167. The van der Waals surface area contributed by atoms with E-state index < -0.39 is 11.6 Å². The van der Waals surface area contributed by atoms with E-state index in [1.165, 1.54) is 24.3 Å². The molecule has 4 aromatic rings. The first-order valence-corrected chi connectivity index (χ1v) is 10.7. The van der Waals surface area contributed by atoms with Gasteiger partial charge in [0.25, 0.3) is 0 Å². The third kappa shape index (κ3) is 3.48. The monoisotopic (exact) mass is 466 g/mol. The molecule has 0 N–H and O–H groups in total. The van der Waals surface area contributed by atoms with E-state index in [9.17, 15) is 29.8 Å². The van der Waals surface area contributed by atoms with Gasteiger partial charge in [-0.2, -0.15) is 21.0 Å². The second kappa shape index (κ2) is 8.66. The highest BCUT2D eigenvalue weighted by Gasteiger charge is 2.30. The zero-order valence-electron chi connectivity index (χ0n) is 18.5. The van der Waals surface area contributed by atoms with Gasteiger partial charge in [-0.1, -0.05) is 24.3 Å². The van der Waals surface area contributed by atoms with Crippen LogP contribution in [-0.4, -0.2) is 0 Å². The lowest BCUT2D eigenvalue weighted by Gasteiger charge is -2.11. The molecule has 1 aliphatic carbocycles. The fourth-order valence-corrected chi connectivity index (χ4v) is 4.58. The molecule has 0 saturated carbocycles. The molecule has 0 fully saturated rings. The lowest BCUT2D eigenvalue weighted by molar-refractivity contribution is 0.628. The fourth-order valence-electron chi connectivity index (χ4n) is 4.58. The van der Waals surface area contributed by atoms with Crippen LogP contribution in [0, 0.1) is 57.0 Å². The molecule has 0 spiro atoms. The molecule has 0 radical (unpaired) electrons. The molecule has 4 aromatic carbocycles. The van der Waals surface area contributed by atoms with Gasteiger partial charge in [-0.15, -0.1) is 0 Å². The van der Waals surface area contributed by atoms with Gasteiger partial charge in [0.2, 0.25) is 0 Å². The molecule has 0 unspecified atom stereocenters. The Labute approximate surface area is 205 Å². The average molecular weight is 466 g/mol. The molecule has 0 heterocycles. The maximum Gasteiger partial charge on any atom is 0.138 e. The van der Waals surface area contributed by atoms with E-state index in [-0.39, 0.29) is 16.7 Å². The highest BCUT2D eigenvalue weighted by atomic mass is 19.1. The van der Waals surface area contributed by atoms with Crippen molar-refractivity contribution < 1.29 is 8.78 Å². The van der Waals surface area contributed by atoms with Gasteiger partial charge in [0, 0.05) is 16.7 Å². The Hall–Kier alpha value is -5.56. The lowest BCUT2D eigenvalue weighted by atomic mass is 9.92. The quantitative estimate of drug-likeness (QED) is 0.265. The number of hydrogen-bond donors (Lipinski definition) is 0. The van der Waals surface area contributed by atoms with Gasteiger partial charge in [-0.05, 0) is 81.9 Å². The Kier molecular flexibility index (Phi) is 5.35. The summed E-state index contributed by atoms with van der Waals surface area (Å²) >= 11 is 0. The minimum Gasteiger partial charge on any atom is -0.207 e. The molecule has 0 aromatic heterocycles. The summed E-state index contributed by atoms with van der Waals surface area (Å²) in [4.78, 5) is 0. The Morgan fingerprint density at radius 3 is 1.33 bits per heavy atom. The zero-order chi connectivity index (χ0) is 25.4. The smallest absolute Gasteiger partial charge is 0.138 e. The minimum atomic E-state index is -0.457. The molecule has 5 rings (SSSR count). The Morgan fingerprint density at radius 1 is 0.528 bits per heavy atom. The Balaban J connectivity index is 1.89. The van der Waals surface area contributed by atoms with Crippen molar-refractivity contribution in [3.8, 4) is 57.7 Å². The van der Waals surface area contributed by atoms with Gasteiger partial charge in [-0.25, -0.2) is 8.78 Å². The van der Waals surface area contributed by atoms with Gasteiger partial charge in [0.1, 0.15) is 29.3 Å². The maximum absolute atomic E-state index is 14.0. The molecule has 36 heavy (non-hydrogen) atoms. The molecular weight excluding hydrogens is 454 g/mol. The summed E-state index contributed by atoms with van der Waals surface area (Å²) in [6, 6.07) is 26.4. The summed E-state index contributed by atoms with van der Waals surface area (Å²) in [7, 11) is 0. The van der Waals surface area contributed by atoms with Crippen LogP contribution in [-0.2, 0) is 0 Å². The molecule has 4 nitrogen and oxygen atoms in total. The number of allylic oxidation sites excluding steroid dienone is 1. The second-order valence-corrected chi connectivity index (χ2v) is 8.10. The van der Waals surface area contributed by atoms with Crippen molar-refractivity contribution in [3.05, 3.63) is 112 Å². The third-order valence-electron chi connectivity index (χ3n) is 6.13. The zero-order valence-corrected chi connectivity index (χ0v) is 18.5. The van der Waals surface area contributed by atoms with Crippen molar-refractivity contribution in [2.24, 2.45) is 0 Å². The number of nitrogens with zero attached hydrogens (tertiary/aromatic N) is 4. The van der Waals surface area contributed by atoms with Crippen LogP contribution in [0.5, 0.6) is 0 Å². The van der Waals surface area contributed by atoms with Gasteiger partial charge in [0.05, 0.1) is 23.3 Å². The van der Waals surface area contributed by atoms with E-state index in [1.54, 1.807) is 48.5 Å². The number of benzene rings is 4. The molecule has 6 heteroatoms. The number of halogens is 2. The number of fused-ring (bicyclic) bond motifs is 3. The predicted molar refractivity (Wildman–Crippen MR) is 129 cm³/mol. The molecule has 0 bridgehead atoms. The molecule has 0 saturated heterocycles. The van der Waals surface area contributed by atoms with Crippen LogP contribution in [0.4, 0.5) is 8.78 Å². The summed E-state index contributed by atoms with van der Waals surface area (Å²) in [6.45, 7) is 0. The summed E-state index contributed by atoms with van der Waals surface area (Å²) in [5.41, 5.74) is 4.78. The van der Waals surface area contributed by atoms with Crippen LogP contribution < -0.4 is 0 Å². The predicted octanol–water partition coefficient (Wildman–Crippen LogP) is 6.87. The second-order valence-electron chi connectivity index (χ2n) is 8.10. The highest BCUT2D eigenvalue weighted by Crippen LogP contribution is 2.49. The summed E-state index contributed by atoms with van der Waals surface area (Å²) in [5, 5.41) is 39.1. The number of rotatable bonds is 2. The van der Waals surface area contributed by atoms with Gasteiger partial charge in [-0.3, -0.25) is 0 Å². The molecule has 0 aliphatic heterocycles. The van der Waals surface area contributed by atoms with Crippen LogP contribution in [0.15, 0.2) is 78.4 Å². The Bertz CT molecular complexity index is 1670. The molecule has 166 valence electrons. The number of nitriles is 4. The third-order valence-corrected chi connectivity index (χ3v) is 6.13. The van der Waals surface area contributed by atoms with Crippen molar-refractivity contribution in [2.75, 3.05) is 0 Å². The first kappa shape index (κ1) is 22.2. The first-order chi connectivity index (χ1) is 17.5. The highest BCUT2D eigenvalue weighted by molar-refractivity contribution is 6.07. The lowest BCUT2D eigenvalue weighted by Crippen LogP contribution is -1.92.